The third-order valence-electron chi connectivity index (χ3n) is 2.49. The van der Waals surface area contributed by atoms with Crippen molar-refractivity contribution >= 4 is 10.0 Å². The lowest BCUT2D eigenvalue weighted by molar-refractivity contribution is 0.442. The van der Waals surface area contributed by atoms with Crippen LogP contribution < -0.4 is 5.32 Å². The van der Waals surface area contributed by atoms with Gasteiger partial charge in [0.25, 0.3) is 10.0 Å². The zero-order chi connectivity index (χ0) is 12.9. The summed E-state index contributed by atoms with van der Waals surface area (Å²) in [6.45, 7) is 5.23. The van der Waals surface area contributed by atoms with E-state index in [-0.39, 0.29) is 5.03 Å². The number of aromatic nitrogens is 1. The topological polar surface area (TPSA) is 62.3 Å². The van der Waals surface area contributed by atoms with Crippen LogP contribution >= 0.6 is 0 Å². The Hall–Kier alpha value is -0.980. The van der Waals surface area contributed by atoms with E-state index in [9.17, 15) is 8.42 Å². The molecule has 1 N–H and O–H groups in total. The Morgan fingerprint density at radius 2 is 1.94 bits per heavy atom. The molecule has 1 aromatic rings. The van der Waals surface area contributed by atoms with Crippen LogP contribution in [-0.4, -0.2) is 37.8 Å². The number of pyridine rings is 1. The average Bonchev–Trinajstić information content (AvgIpc) is 2.31. The second-order valence-electron chi connectivity index (χ2n) is 3.62. The van der Waals surface area contributed by atoms with Crippen molar-refractivity contribution in [1.82, 2.24) is 14.6 Å². The van der Waals surface area contributed by atoms with E-state index in [4.69, 9.17) is 0 Å². The number of nitrogens with zero attached hydrogens (tertiary/aromatic N) is 2. The van der Waals surface area contributed by atoms with Crippen molar-refractivity contribution in [3.8, 4) is 0 Å². The SMILES string of the molecule is CCN(CC)S(=O)(=O)c1ccc(CNC)cn1. The molecule has 0 unspecified atom stereocenters. The van der Waals surface area contributed by atoms with Crippen LogP contribution in [0.2, 0.25) is 0 Å². The Morgan fingerprint density at radius 3 is 2.35 bits per heavy atom. The maximum atomic E-state index is 12.1. The first-order valence-electron chi connectivity index (χ1n) is 5.65. The molecule has 1 heterocycles. The molecule has 0 saturated carbocycles. The van der Waals surface area contributed by atoms with Crippen molar-refractivity contribution in [2.75, 3.05) is 20.1 Å². The van der Waals surface area contributed by atoms with Gasteiger partial charge in [0.05, 0.1) is 0 Å². The molecule has 0 radical (unpaired) electrons. The molecule has 0 aliphatic heterocycles. The van der Waals surface area contributed by atoms with Crippen LogP contribution in [0, 0.1) is 0 Å². The van der Waals surface area contributed by atoms with Crippen molar-refractivity contribution < 1.29 is 8.42 Å². The van der Waals surface area contributed by atoms with Gasteiger partial charge in [0.2, 0.25) is 0 Å². The standard InChI is InChI=1S/C11H19N3O2S/c1-4-14(5-2)17(15,16)11-7-6-10(8-12-3)9-13-11/h6-7,9,12H,4-5,8H2,1-3H3. The molecule has 0 aromatic carbocycles. The van der Waals surface area contributed by atoms with Gasteiger partial charge in [-0.2, -0.15) is 4.31 Å². The van der Waals surface area contributed by atoms with E-state index in [0.29, 0.717) is 19.6 Å². The number of nitrogens with one attached hydrogen (secondary N) is 1. The van der Waals surface area contributed by atoms with E-state index < -0.39 is 10.0 Å². The summed E-state index contributed by atoms with van der Waals surface area (Å²) in [5.41, 5.74) is 0.964. The minimum absolute atomic E-state index is 0.112. The Bertz CT molecular complexity index is 438. The van der Waals surface area contributed by atoms with E-state index in [0.717, 1.165) is 5.56 Å². The van der Waals surface area contributed by atoms with Gasteiger partial charge < -0.3 is 5.32 Å². The third-order valence-corrected chi connectivity index (χ3v) is 4.45. The van der Waals surface area contributed by atoms with E-state index in [1.165, 1.54) is 4.31 Å². The van der Waals surface area contributed by atoms with Crippen molar-refractivity contribution in [3.05, 3.63) is 23.9 Å². The molecule has 0 fully saturated rings. The van der Waals surface area contributed by atoms with Gasteiger partial charge in [-0.15, -0.1) is 0 Å². The molecule has 0 spiro atoms. The molecule has 0 aliphatic carbocycles. The van der Waals surface area contributed by atoms with Crippen molar-refractivity contribution in [2.45, 2.75) is 25.4 Å². The lowest BCUT2D eigenvalue weighted by Gasteiger charge is -2.17. The highest BCUT2D eigenvalue weighted by Gasteiger charge is 2.22. The second kappa shape index (κ2) is 6.09. The minimum Gasteiger partial charge on any atom is -0.316 e. The van der Waals surface area contributed by atoms with Gasteiger partial charge in [-0.3, -0.25) is 0 Å². The van der Waals surface area contributed by atoms with E-state index in [2.05, 4.69) is 10.3 Å². The number of sulfonamides is 1. The summed E-state index contributed by atoms with van der Waals surface area (Å²) in [6.07, 6.45) is 1.59. The van der Waals surface area contributed by atoms with Crippen LogP contribution in [0.3, 0.4) is 0 Å². The van der Waals surface area contributed by atoms with Gasteiger partial charge in [-0.05, 0) is 18.7 Å². The molecule has 6 heteroatoms. The van der Waals surface area contributed by atoms with Crippen LogP contribution in [0.1, 0.15) is 19.4 Å². The molecule has 0 amide bonds. The quantitative estimate of drug-likeness (QED) is 0.820. The van der Waals surface area contributed by atoms with Crippen LogP contribution in [0.5, 0.6) is 0 Å². The predicted octanol–water partition coefficient (Wildman–Crippen LogP) is 0.831. The number of rotatable bonds is 6. The van der Waals surface area contributed by atoms with Gasteiger partial charge in [-0.1, -0.05) is 19.9 Å². The van der Waals surface area contributed by atoms with Gasteiger partial charge in [0.15, 0.2) is 5.03 Å². The highest BCUT2D eigenvalue weighted by atomic mass is 32.2. The molecule has 17 heavy (non-hydrogen) atoms. The van der Waals surface area contributed by atoms with Crippen LogP contribution in [0.25, 0.3) is 0 Å². The Morgan fingerprint density at radius 1 is 1.29 bits per heavy atom. The zero-order valence-electron chi connectivity index (χ0n) is 10.5. The highest BCUT2D eigenvalue weighted by molar-refractivity contribution is 7.89. The average molecular weight is 257 g/mol. The summed E-state index contributed by atoms with van der Waals surface area (Å²) in [7, 11) is -1.60. The minimum atomic E-state index is -3.43. The molecular formula is C11H19N3O2S. The zero-order valence-corrected chi connectivity index (χ0v) is 11.3. The van der Waals surface area contributed by atoms with Gasteiger partial charge in [0, 0.05) is 25.8 Å². The molecule has 1 rings (SSSR count). The highest BCUT2D eigenvalue weighted by Crippen LogP contribution is 2.13. The fourth-order valence-electron chi connectivity index (χ4n) is 1.57. The summed E-state index contributed by atoms with van der Waals surface area (Å²) < 4.78 is 25.6. The maximum absolute atomic E-state index is 12.1. The van der Waals surface area contributed by atoms with Gasteiger partial charge >= 0.3 is 0 Å². The summed E-state index contributed by atoms with van der Waals surface area (Å²) in [5, 5.41) is 3.10. The molecule has 0 bridgehead atoms. The van der Waals surface area contributed by atoms with Crippen molar-refractivity contribution in [3.63, 3.8) is 0 Å². The van der Waals surface area contributed by atoms with E-state index in [1.54, 1.807) is 18.3 Å². The molecule has 5 nitrogen and oxygen atoms in total. The van der Waals surface area contributed by atoms with E-state index in [1.807, 2.05) is 20.9 Å². The Balaban J connectivity index is 2.99. The van der Waals surface area contributed by atoms with Crippen molar-refractivity contribution in [1.29, 1.82) is 0 Å². The monoisotopic (exact) mass is 257 g/mol. The fourth-order valence-corrected chi connectivity index (χ4v) is 2.94. The molecule has 0 aliphatic rings. The Labute approximate surface area is 103 Å². The smallest absolute Gasteiger partial charge is 0.260 e. The van der Waals surface area contributed by atoms with Crippen LogP contribution in [0.15, 0.2) is 23.4 Å². The molecule has 0 atom stereocenters. The molecule has 1 aromatic heterocycles. The fraction of sp³-hybridized carbons (Fsp3) is 0.545. The maximum Gasteiger partial charge on any atom is 0.260 e. The number of hydrogen-bond donors (Lipinski definition) is 1. The van der Waals surface area contributed by atoms with Crippen molar-refractivity contribution in [2.24, 2.45) is 0 Å². The van der Waals surface area contributed by atoms with Crippen LogP contribution in [-0.2, 0) is 16.6 Å². The van der Waals surface area contributed by atoms with Gasteiger partial charge in [0.1, 0.15) is 0 Å². The second-order valence-corrected chi connectivity index (χ2v) is 5.51. The molecule has 96 valence electrons. The third kappa shape index (κ3) is 3.24. The first-order valence-corrected chi connectivity index (χ1v) is 7.10. The normalized spacial score (nSPS) is 12.0. The summed E-state index contributed by atoms with van der Waals surface area (Å²) in [5.74, 6) is 0. The molecular weight excluding hydrogens is 238 g/mol. The lowest BCUT2D eigenvalue weighted by Crippen LogP contribution is -2.31. The summed E-state index contributed by atoms with van der Waals surface area (Å²) >= 11 is 0. The first kappa shape index (κ1) is 14.1. The number of hydrogen-bond acceptors (Lipinski definition) is 4. The predicted molar refractivity (Wildman–Crippen MR) is 67.1 cm³/mol. The van der Waals surface area contributed by atoms with Crippen LogP contribution in [0.4, 0.5) is 0 Å². The lowest BCUT2D eigenvalue weighted by atomic mass is 10.3. The van der Waals surface area contributed by atoms with Gasteiger partial charge in [-0.25, -0.2) is 13.4 Å². The first-order chi connectivity index (χ1) is 8.06. The largest absolute Gasteiger partial charge is 0.316 e. The summed E-state index contributed by atoms with van der Waals surface area (Å²) in [6, 6.07) is 3.33. The summed E-state index contributed by atoms with van der Waals surface area (Å²) in [4.78, 5) is 4.02. The molecule has 0 saturated heterocycles. The van der Waals surface area contributed by atoms with E-state index >= 15 is 0 Å². The Kier molecular flexibility index (Phi) is 5.04.